The third-order valence-corrected chi connectivity index (χ3v) is 5.44. The first kappa shape index (κ1) is 19.0. The van der Waals surface area contributed by atoms with Crippen LogP contribution in [0.3, 0.4) is 0 Å². The van der Waals surface area contributed by atoms with E-state index >= 15 is 0 Å². The molecule has 144 valence electrons. The fourth-order valence-electron chi connectivity index (χ4n) is 3.42. The van der Waals surface area contributed by atoms with Crippen molar-refractivity contribution in [1.29, 1.82) is 0 Å². The average molecular weight is 416 g/mol. The summed E-state index contributed by atoms with van der Waals surface area (Å²) in [5.74, 6) is -0.220. The highest BCUT2D eigenvalue weighted by Gasteiger charge is 2.31. The van der Waals surface area contributed by atoms with Gasteiger partial charge in [-0.1, -0.05) is 41.4 Å². The smallest absolute Gasteiger partial charge is 0.258 e. The zero-order chi connectivity index (χ0) is 19.7. The molecule has 0 saturated carbocycles. The molecule has 4 rings (SSSR count). The monoisotopic (exact) mass is 415 g/mol. The van der Waals surface area contributed by atoms with Crippen LogP contribution < -0.4 is 16.3 Å². The van der Waals surface area contributed by atoms with Gasteiger partial charge in [0.15, 0.2) is 0 Å². The van der Waals surface area contributed by atoms with Crippen LogP contribution in [-0.2, 0) is 4.79 Å². The SMILES string of the molecule is Cc1[nH]c2ccccc2c1/C=N/NC(=O)C1CC(c2cc(Cl)ccc2Cl)NN1. The summed E-state index contributed by atoms with van der Waals surface area (Å²) in [5, 5.41) is 6.42. The van der Waals surface area contributed by atoms with Crippen molar-refractivity contribution in [1.82, 2.24) is 21.3 Å². The van der Waals surface area contributed by atoms with Gasteiger partial charge in [0.1, 0.15) is 6.04 Å². The van der Waals surface area contributed by atoms with E-state index in [9.17, 15) is 4.79 Å². The third kappa shape index (κ3) is 3.77. The lowest BCUT2D eigenvalue weighted by Crippen LogP contribution is -2.41. The van der Waals surface area contributed by atoms with E-state index < -0.39 is 6.04 Å². The second-order valence-electron chi connectivity index (χ2n) is 6.74. The number of nitrogens with zero attached hydrogens (tertiary/aromatic N) is 1. The fourth-order valence-corrected chi connectivity index (χ4v) is 3.85. The van der Waals surface area contributed by atoms with Gasteiger partial charge in [-0.2, -0.15) is 5.10 Å². The maximum Gasteiger partial charge on any atom is 0.258 e. The Morgan fingerprint density at radius 3 is 2.89 bits per heavy atom. The Morgan fingerprint density at radius 1 is 1.21 bits per heavy atom. The van der Waals surface area contributed by atoms with Crippen LogP contribution in [0.2, 0.25) is 10.0 Å². The number of benzene rings is 2. The number of aromatic nitrogens is 1. The molecule has 1 aliphatic rings. The number of para-hydroxylation sites is 1. The van der Waals surface area contributed by atoms with Crippen molar-refractivity contribution in [2.45, 2.75) is 25.4 Å². The molecular weight excluding hydrogens is 397 g/mol. The highest BCUT2D eigenvalue weighted by atomic mass is 35.5. The Hall–Kier alpha value is -2.38. The number of carbonyl (C=O) groups is 1. The number of nitrogens with one attached hydrogen (secondary N) is 4. The van der Waals surface area contributed by atoms with E-state index in [0.717, 1.165) is 27.7 Å². The highest BCUT2D eigenvalue weighted by molar-refractivity contribution is 6.33. The molecule has 2 unspecified atom stereocenters. The minimum Gasteiger partial charge on any atom is -0.358 e. The lowest BCUT2D eigenvalue weighted by atomic mass is 10.0. The maximum atomic E-state index is 12.5. The number of aryl methyl sites for hydroxylation is 1. The van der Waals surface area contributed by atoms with E-state index in [1.165, 1.54) is 0 Å². The second-order valence-corrected chi connectivity index (χ2v) is 7.58. The van der Waals surface area contributed by atoms with Gasteiger partial charge in [-0.15, -0.1) is 0 Å². The molecule has 0 spiro atoms. The summed E-state index contributed by atoms with van der Waals surface area (Å²) >= 11 is 12.3. The minimum absolute atomic E-state index is 0.109. The minimum atomic E-state index is -0.429. The number of hydrogen-bond acceptors (Lipinski definition) is 4. The van der Waals surface area contributed by atoms with Gasteiger partial charge in [-0.05, 0) is 43.2 Å². The van der Waals surface area contributed by atoms with E-state index in [0.29, 0.717) is 16.5 Å². The quantitative estimate of drug-likeness (QED) is 0.385. The Balaban J connectivity index is 1.41. The first-order valence-corrected chi connectivity index (χ1v) is 9.65. The van der Waals surface area contributed by atoms with Crippen LogP contribution >= 0.6 is 23.2 Å². The first-order chi connectivity index (χ1) is 13.5. The van der Waals surface area contributed by atoms with Crippen LogP contribution in [0, 0.1) is 6.92 Å². The van der Waals surface area contributed by atoms with Crippen molar-refractivity contribution < 1.29 is 4.79 Å². The van der Waals surface area contributed by atoms with Crippen LogP contribution in [0.25, 0.3) is 10.9 Å². The molecule has 4 N–H and O–H groups in total. The van der Waals surface area contributed by atoms with Gasteiger partial charge in [0, 0.05) is 38.2 Å². The molecule has 0 bridgehead atoms. The number of carbonyl (C=O) groups excluding carboxylic acids is 1. The zero-order valence-electron chi connectivity index (χ0n) is 15.1. The summed E-state index contributed by atoms with van der Waals surface area (Å²) in [6.45, 7) is 1.98. The van der Waals surface area contributed by atoms with Gasteiger partial charge in [-0.25, -0.2) is 16.3 Å². The van der Waals surface area contributed by atoms with E-state index in [1.54, 1.807) is 18.3 Å². The van der Waals surface area contributed by atoms with Gasteiger partial charge in [0.2, 0.25) is 0 Å². The van der Waals surface area contributed by atoms with Gasteiger partial charge in [0.05, 0.1) is 6.21 Å². The molecular formula is C20H19Cl2N5O. The molecule has 8 heteroatoms. The number of hydrogen-bond donors (Lipinski definition) is 4. The summed E-state index contributed by atoms with van der Waals surface area (Å²) in [5.41, 5.74) is 12.5. The number of amides is 1. The number of hydrazone groups is 1. The molecule has 1 aromatic heterocycles. The molecule has 2 heterocycles. The van der Waals surface area contributed by atoms with E-state index in [4.69, 9.17) is 23.2 Å². The van der Waals surface area contributed by atoms with Gasteiger partial charge in [-0.3, -0.25) is 4.79 Å². The maximum absolute atomic E-state index is 12.5. The molecule has 28 heavy (non-hydrogen) atoms. The Kier molecular flexibility index (Phi) is 5.37. The molecule has 1 aliphatic heterocycles. The number of fused-ring (bicyclic) bond motifs is 1. The van der Waals surface area contributed by atoms with Gasteiger partial charge >= 0.3 is 0 Å². The number of hydrazine groups is 1. The third-order valence-electron chi connectivity index (χ3n) is 4.86. The van der Waals surface area contributed by atoms with Crippen LogP contribution in [0.5, 0.6) is 0 Å². The normalized spacial score (nSPS) is 19.5. The van der Waals surface area contributed by atoms with E-state index in [-0.39, 0.29) is 11.9 Å². The standard InChI is InChI=1S/C20H19Cl2N5O/c1-11-15(13-4-2-3-5-17(13)24-11)10-23-27-20(28)19-9-18(25-26-19)14-8-12(21)6-7-16(14)22/h2-8,10,18-19,24-26H,9H2,1H3,(H,27,28)/b23-10+. The van der Waals surface area contributed by atoms with Crippen LogP contribution in [0.4, 0.5) is 0 Å². The number of halogens is 2. The van der Waals surface area contributed by atoms with E-state index in [2.05, 4.69) is 26.4 Å². The van der Waals surface area contributed by atoms with Gasteiger partial charge in [0.25, 0.3) is 5.91 Å². The van der Waals surface area contributed by atoms with Crippen molar-refractivity contribution in [2.24, 2.45) is 5.10 Å². The summed E-state index contributed by atoms with van der Waals surface area (Å²) in [6.07, 6.45) is 2.20. The van der Waals surface area contributed by atoms with Gasteiger partial charge < -0.3 is 4.98 Å². The molecule has 2 atom stereocenters. The molecule has 1 saturated heterocycles. The largest absolute Gasteiger partial charge is 0.358 e. The Morgan fingerprint density at radius 2 is 2.04 bits per heavy atom. The molecule has 1 amide bonds. The topological polar surface area (TPSA) is 81.3 Å². The van der Waals surface area contributed by atoms with E-state index in [1.807, 2.05) is 37.3 Å². The molecule has 3 aromatic rings. The number of aromatic amines is 1. The van der Waals surface area contributed by atoms with Crippen molar-refractivity contribution >= 4 is 46.2 Å². The summed E-state index contributed by atoms with van der Waals surface area (Å²) in [6, 6.07) is 12.7. The molecule has 6 nitrogen and oxygen atoms in total. The predicted molar refractivity (Wildman–Crippen MR) is 113 cm³/mol. The highest BCUT2D eigenvalue weighted by Crippen LogP contribution is 2.30. The van der Waals surface area contributed by atoms with Crippen molar-refractivity contribution in [2.75, 3.05) is 0 Å². The first-order valence-electron chi connectivity index (χ1n) is 8.89. The molecule has 1 fully saturated rings. The average Bonchev–Trinajstić information content (AvgIpc) is 3.29. The molecule has 0 aliphatic carbocycles. The summed E-state index contributed by atoms with van der Waals surface area (Å²) in [4.78, 5) is 15.8. The summed E-state index contributed by atoms with van der Waals surface area (Å²) in [7, 11) is 0. The second kappa shape index (κ2) is 7.93. The number of rotatable bonds is 4. The van der Waals surface area contributed by atoms with Crippen LogP contribution in [0.15, 0.2) is 47.6 Å². The fraction of sp³-hybridized carbons (Fsp3) is 0.200. The van der Waals surface area contributed by atoms with Crippen LogP contribution in [-0.4, -0.2) is 23.1 Å². The lowest BCUT2D eigenvalue weighted by Gasteiger charge is -2.12. The Labute approximate surface area is 172 Å². The van der Waals surface area contributed by atoms with Crippen molar-refractivity contribution in [3.8, 4) is 0 Å². The number of H-pyrrole nitrogens is 1. The predicted octanol–water partition coefficient (Wildman–Crippen LogP) is 3.84. The molecule has 2 aromatic carbocycles. The van der Waals surface area contributed by atoms with Crippen molar-refractivity contribution in [3.63, 3.8) is 0 Å². The Bertz CT molecular complexity index is 1060. The van der Waals surface area contributed by atoms with Crippen molar-refractivity contribution in [3.05, 3.63) is 69.3 Å². The summed E-state index contributed by atoms with van der Waals surface area (Å²) < 4.78 is 0. The lowest BCUT2D eigenvalue weighted by molar-refractivity contribution is -0.122. The molecule has 0 radical (unpaired) electrons. The zero-order valence-corrected chi connectivity index (χ0v) is 16.6. The van der Waals surface area contributed by atoms with Crippen LogP contribution in [0.1, 0.15) is 29.3 Å².